The standard InChI is InChI=1S/C25H29F3N6O3S/c1-6-14(2)18-19(38-22(32-18)33-20(35)25(26,27)28)17-11-12-29-21(31-17)30-16-9-7-15(8-10-16)13-34(23(36)37)24(3,4)5/h7-12,14H,6,13H2,1-5H3,(H,36,37)(H,29,30,31)(H,32,33,35). The van der Waals surface area contributed by atoms with Gasteiger partial charge >= 0.3 is 18.2 Å². The van der Waals surface area contributed by atoms with Crippen LogP contribution in [-0.2, 0) is 11.3 Å². The van der Waals surface area contributed by atoms with Gasteiger partial charge in [0.15, 0.2) is 5.13 Å². The molecule has 1 aromatic carbocycles. The van der Waals surface area contributed by atoms with Crippen molar-refractivity contribution in [1.29, 1.82) is 0 Å². The van der Waals surface area contributed by atoms with Crippen LogP contribution in [0.2, 0.25) is 0 Å². The van der Waals surface area contributed by atoms with Gasteiger partial charge in [0.1, 0.15) is 0 Å². The van der Waals surface area contributed by atoms with Gasteiger partial charge in [-0.15, -0.1) is 0 Å². The molecule has 3 rings (SSSR count). The van der Waals surface area contributed by atoms with Crippen molar-refractivity contribution in [1.82, 2.24) is 19.9 Å². The molecule has 0 saturated heterocycles. The zero-order chi connectivity index (χ0) is 28.3. The summed E-state index contributed by atoms with van der Waals surface area (Å²) in [5.41, 5.74) is 1.89. The van der Waals surface area contributed by atoms with E-state index in [-0.39, 0.29) is 23.5 Å². The highest BCUT2D eigenvalue weighted by atomic mass is 32.1. The van der Waals surface area contributed by atoms with Crippen LogP contribution < -0.4 is 10.6 Å². The van der Waals surface area contributed by atoms with E-state index in [1.165, 1.54) is 11.1 Å². The summed E-state index contributed by atoms with van der Waals surface area (Å²) in [5.74, 6) is -1.92. The normalized spacial score (nSPS) is 12.6. The predicted octanol–water partition coefficient (Wildman–Crippen LogP) is 6.64. The van der Waals surface area contributed by atoms with Crippen molar-refractivity contribution in [3.63, 3.8) is 0 Å². The molecule has 2 amide bonds. The molecule has 9 nitrogen and oxygen atoms in total. The van der Waals surface area contributed by atoms with E-state index >= 15 is 0 Å². The van der Waals surface area contributed by atoms with Crippen LogP contribution in [0.25, 0.3) is 10.6 Å². The van der Waals surface area contributed by atoms with Gasteiger partial charge in [-0.05, 0) is 56.9 Å². The first-order valence-corrected chi connectivity index (χ1v) is 12.6. The van der Waals surface area contributed by atoms with E-state index < -0.39 is 23.7 Å². The lowest BCUT2D eigenvalue weighted by Gasteiger charge is -2.33. The van der Waals surface area contributed by atoms with Crippen molar-refractivity contribution >= 4 is 40.1 Å². The van der Waals surface area contributed by atoms with Gasteiger partial charge in [-0.2, -0.15) is 13.2 Å². The number of rotatable bonds is 8. The lowest BCUT2D eigenvalue weighted by atomic mass is 10.0. The number of carbonyl (C=O) groups excluding carboxylic acids is 1. The van der Waals surface area contributed by atoms with Gasteiger partial charge in [0.25, 0.3) is 0 Å². The Balaban J connectivity index is 1.83. The molecule has 204 valence electrons. The number of nitrogens with zero attached hydrogens (tertiary/aromatic N) is 4. The largest absolute Gasteiger partial charge is 0.471 e. The molecule has 0 bridgehead atoms. The summed E-state index contributed by atoms with van der Waals surface area (Å²) in [4.78, 5) is 37.9. The van der Waals surface area contributed by atoms with Gasteiger partial charge in [-0.25, -0.2) is 19.7 Å². The van der Waals surface area contributed by atoms with E-state index in [2.05, 4.69) is 20.3 Å². The number of alkyl halides is 3. The third kappa shape index (κ3) is 7.18. The second-order valence-corrected chi connectivity index (χ2v) is 10.6. The first kappa shape index (κ1) is 28.8. The molecule has 1 atom stereocenters. The van der Waals surface area contributed by atoms with E-state index in [0.717, 1.165) is 16.9 Å². The Labute approximate surface area is 222 Å². The molecule has 38 heavy (non-hydrogen) atoms. The van der Waals surface area contributed by atoms with Crippen molar-refractivity contribution < 1.29 is 27.9 Å². The summed E-state index contributed by atoms with van der Waals surface area (Å²) >= 11 is 0.914. The molecule has 0 spiro atoms. The van der Waals surface area contributed by atoms with Crippen LogP contribution in [0.15, 0.2) is 36.5 Å². The van der Waals surface area contributed by atoms with Gasteiger partial charge in [0.05, 0.1) is 16.3 Å². The number of carbonyl (C=O) groups is 2. The maximum absolute atomic E-state index is 12.7. The quantitative estimate of drug-likeness (QED) is 0.288. The summed E-state index contributed by atoms with van der Waals surface area (Å²) in [6.07, 6.45) is -3.84. The summed E-state index contributed by atoms with van der Waals surface area (Å²) in [6, 6.07) is 8.77. The van der Waals surface area contributed by atoms with Crippen LogP contribution in [0, 0.1) is 0 Å². The molecule has 3 N–H and O–H groups in total. The summed E-state index contributed by atoms with van der Waals surface area (Å²) in [7, 11) is 0. The third-order valence-electron chi connectivity index (χ3n) is 5.69. The molecule has 13 heteroatoms. The number of aromatic nitrogens is 3. The monoisotopic (exact) mass is 550 g/mol. The summed E-state index contributed by atoms with van der Waals surface area (Å²) in [5, 5.41) is 14.3. The van der Waals surface area contributed by atoms with E-state index in [4.69, 9.17) is 0 Å². The molecule has 0 radical (unpaired) electrons. The fraction of sp³-hybridized carbons (Fsp3) is 0.400. The SMILES string of the molecule is CCC(C)c1nc(NC(=O)C(F)(F)F)sc1-c1ccnc(Nc2ccc(CN(C(=O)O)C(C)(C)C)cc2)n1. The number of halogens is 3. The highest BCUT2D eigenvalue weighted by molar-refractivity contribution is 7.19. The molecule has 0 aliphatic rings. The fourth-order valence-corrected chi connectivity index (χ4v) is 4.46. The first-order chi connectivity index (χ1) is 17.7. The molecule has 0 fully saturated rings. The molecule has 3 aromatic rings. The third-order valence-corrected chi connectivity index (χ3v) is 6.70. The highest BCUT2D eigenvalue weighted by Crippen LogP contribution is 2.38. The average Bonchev–Trinajstić information content (AvgIpc) is 3.25. The Morgan fingerprint density at radius 1 is 1.11 bits per heavy atom. The zero-order valence-electron chi connectivity index (χ0n) is 21.6. The van der Waals surface area contributed by atoms with E-state index in [1.807, 2.05) is 39.9 Å². The van der Waals surface area contributed by atoms with Gasteiger partial charge in [0.2, 0.25) is 5.95 Å². The minimum atomic E-state index is -5.03. The van der Waals surface area contributed by atoms with Crippen LogP contribution in [0.4, 0.5) is 34.7 Å². The maximum Gasteiger partial charge on any atom is 0.471 e. The minimum absolute atomic E-state index is 0.0878. The van der Waals surface area contributed by atoms with Gasteiger partial charge in [-0.1, -0.05) is 37.3 Å². The van der Waals surface area contributed by atoms with Crippen molar-refractivity contribution in [2.24, 2.45) is 0 Å². The van der Waals surface area contributed by atoms with E-state index in [1.54, 1.807) is 30.3 Å². The van der Waals surface area contributed by atoms with Crippen LogP contribution in [0.5, 0.6) is 0 Å². The van der Waals surface area contributed by atoms with Crippen LogP contribution >= 0.6 is 11.3 Å². The number of nitrogens with one attached hydrogen (secondary N) is 2. The number of carboxylic acid groups (broad SMARTS) is 1. The molecule has 2 heterocycles. The molecule has 2 aromatic heterocycles. The van der Waals surface area contributed by atoms with Crippen molar-refractivity contribution in [3.8, 4) is 10.6 Å². The minimum Gasteiger partial charge on any atom is -0.465 e. The molecular weight excluding hydrogens is 521 g/mol. The Kier molecular flexibility index (Phi) is 8.60. The molecule has 0 aliphatic heterocycles. The van der Waals surface area contributed by atoms with E-state index in [9.17, 15) is 27.9 Å². The predicted molar refractivity (Wildman–Crippen MR) is 140 cm³/mol. The number of amides is 2. The number of hydrogen-bond donors (Lipinski definition) is 3. The van der Waals surface area contributed by atoms with Gasteiger partial charge in [-0.3, -0.25) is 15.0 Å². The van der Waals surface area contributed by atoms with Crippen molar-refractivity contribution in [3.05, 3.63) is 47.8 Å². The number of benzene rings is 1. The smallest absolute Gasteiger partial charge is 0.465 e. The van der Waals surface area contributed by atoms with E-state index in [0.29, 0.717) is 28.4 Å². The first-order valence-electron chi connectivity index (χ1n) is 11.8. The Bertz CT molecular complexity index is 1290. The lowest BCUT2D eigenvalue weighted by molar-refractivity contribution is -0.167. The van der Waals surface area contributed by atoms with Crippen LogP contribution in [-0.4, -0.2) is 48.7 Å². The topological polar surface area (TPSA) is 120 Å². The van der Waals surface area contributed by atoms with Crippen LogP contribution in [0.3, 0.4) is 0 Å². The number of thiazole rings is 1. The van der Waals surface area contributed by atoms with Crippen LogP contribution in [0.1, 0.15) is 58.2 Å². The Morgan fingerprint density at radius 2 is 1.76 bits per heavy atom. The molecule has 0 aliphatic carbocycles. The molecular formula is C25H29F3N6O3S. The number of hydrogen-bond acceptors (Lipinski definition) is 7. The molecule has 0 saturated carbocycles. The molecule has 1 unspecified atom stereocenters. The average molecular weight is 551 g/mol. The zero-order valence-corrected chi connectivity index (χ0v) is 22.4. The second-order valence-electron chi connectivity index (χ2n) is 9.62. The van der Waals surface area contributed by atoms with Crippen molar-refractivity contribution in [2.75, 3.05) is 10.6 Å². The number of anilines is 3. The Morgan fingerprint density at radius 3 is 2.32 bits per heavy atom. The Hall–Kier alpha value is -3.74. The van der Waals surface area contributed by atoms with Gasteiger partial charge in [0, 0.05) is 24.0 Å². The highest BCUT2D eigenvalue weighted by Gasteiger charge is 2.39. The lowest BCUT2D eigenvalue weighted by Crippen LogP contribution is -2.44. The maximum atomic E-state index is 12.7. The summed E-state index contributed by atoms with van der Waals surface area (Å²) < 4.78 is 38.2. The fourth-order valence-electron chi connectivity index (χ4n) is 3.41. The summed E-state index contributed by atoms with van der Waals surface area (Å²) in [6.45, 7) is 9.51. The second kappa shape index (κ2) is 11.3. The van der Waals surface area contributed by atoms with Gasteiger partial charge < -0.3 is 10.4 Å². The van der Waals surface area contributed by atoms with Crippen molar-refractivity contribution in [2.45, 2.75) is 65.2 Å².